The van der Waals surface area contributed by atoms with Crippen LogP contribution in [-0.4, -0.2) is 56.5 Å². The van der Waals surface area contributed by atoms with E-state index in [1.54, 1.807) is 19.3 Å². The van der Waals surface area contributed by atoms with Crippen LogP contribution in [0.3, 0.4) is 0 Å². The van der Waals surface area contributed by atoms with Crippen LogP contribution in [0.5, 0.6) is 0 Å². The van der Waals surface area contributed by atoms with Crippen molar-refractivity contribution in [2.24, 2.45) is 23.7 Å². The fraction of sp³-hybridized carbons (Fsp3) is 1.00. The number of thioether (sulfide) groups is 4. The first-order valence-electron chi connectivity index (χ1n) is 9.45. The summed E-state index contributed by atoms with van der Waals surface area (Å²) in [5, 5.41) is 1.98. The van der Waals surface area contributed by atoms with Gasteiger partial charge in [0.05, 0.1) is 0 Å². The van der Waals surface area contributed by atoms with E-state index in [1.165, 1.54) is 40.9 Å². The summed E-state index contributed by atoms with van der Waals surface area (Å²) < 4.78 is 0. The second-order valence-corrected chi connectivity index (χ2v) is 13.2. The highest BCUT2D eigenvalue weighted by molar-refractivity contribution is 8.04. The van der Waals surface area contributed by atoms with Crippen LogP contribution in [0.2, 0.25) is 0 Å². The predicted octanol–water partition coefficient (Wildman–Crippen LogP) is 5.58. The normalized spacial score (nSPS) is 37.2. The van der Waals surface area contributed by atoms with Crippen LogP contribution in [0, 0.1) is 23.7 Å². The average Bonchev–Trinajstić information content (AvgIpc) is 3.27. The van der Waals surface area contributed by atoms with Gasteiger partial charge in [-0.3, -0.25) is 0 Å². The Bertz CT molecular complexity index is 365. The van der Waals surface area contributed by atoms with E-state index < -0.39 is 0 Å². The quantitative estimate of drug-likeness (QED) is 0.300. The zero-order valence-electron chi connectivity index (χ0n) is 14.5. The van der Waals surface area contributed by atoms with Crippen LogP contribution in [0.15, 0.2) is 0 Å². The van der Waals surface area contributed by atoms with E-state index in [-0.39, 0.29) is 0 Å². The van der Waals surface area contributed by atoms with Gasteiger partial charge in [0, 0.05) is 45.0 Å². The van der Waals surface area contributed by atoms with Crippen LogP contribution >= 0.6 is 72.3 Å². The highest BCUT2D eigenvalue weighted by Crippen LogP contribution is 2.63. The first kappa shape index (κ1) is 20.8. The maximum atomic E-state index is 4.31. The molecule has 0 spiro atoms. The van der Waals surface area contributed by atoms with Crippen LogP contribution in [0.25, 0.3) is 0 Å². The van der Waals surface area contributed by atoms with Crippen molar-refractivity contribution < 1.29 is 0 Å². The lowest BCUT2D eigenvalue weighted by Crippen LogP contribution is -2.31. The second kappa shape index (κ2) is 11.2. The molecule has 0 saturated heterocycles. The molecule has 0 N–H and O–H groups in total. The Kier molecular flexibility index (Phi) is 9.71. The van der Waals surface area contributed by atoms with Crippen molar-refractivity contribution >= 4 is 72.3 Å². The first-order chi connectivity index (χ1) is 11.8. The molecule has 0 nitrogen and oxygen atoms in total. The first-order valence-corrected chi connectivity index (χ1v) is 15.1. The van der Waals surface area contributed by atoms with Crippen molar-refractivity contribution in [3.05, 3.63) is 0 Å². The zero-order valence-corrected chi connectivity index (χ0v) is 19.5. The van der Waals surface area contributed by atoms with Crippen LogP contribution in [-0.2, 0) is 0 Å². The van der Waals surface area contributed by atoms with Gasteiger partial charge in [0.25, 0.3) is 0 Å². The fourth-order valence-corrected chi connectivity index (χ4v) is 10.8. The largest absolute Gasteiger partial charge is 0.179 e. The molecular weight excluding hydrogens is 409 g/mol. The average molecular weight is 441 g/mol. The lowest BCUT2D eigenvalue weighted by atomic mass is 9.81. The number of hydrogen-bond donors (Lipinski definition) is 2. The molecule has 0 heterocycles. The smallest absolute Gasteiger partial charge is 0.00816 e. The number of thiol groups is 2. The summed E-state index contributed by atoms with van der Waals surface area (Å²) in [5.41, 5.74) is 0. The molecule has 0 aromatic rings. The Hall–Kier alpha value is 2.10. The predicted molar refractivity (Wildman–Crippen MR) is 127 cm³/mol. The van der Waals surface area contributed by atoms with Gasteiger partial charge in [-0.25, -0.2) is 0 Å². The van der Waals surface area contributed by atoms with E-state index in [2.05, 4.69) is 72.3 Å². The molecule has 3 aliphatic carbocycles. The Labute approximate surface area is 177 Å². The molecule has 0 aliphatic heterocycles. The maximum absolute atomic E-state index is 4.31. The number of hydrogen-bond acceptors (Lipinski definition) is 6. The van der Waals surface area contributed by atoms with Crippen molar-refractivity contribution in [3.8, 4) is 0 Å². The maximum Gasteiger partial charge on any atom is 0.00816 e. The lowest BCUT2D eigenvalue weighted by molar-refractivity contribution is 0.270. The lowest BCUT2D eigenvalue weighted by Gasteiger charge is -2.34. The van der Waals surface area contributed by atoms with E-state index in [0.717, 1.165) is 45.7 Å². The van der Waals surface area contributed by atoms with Crippen molar-refractivity contribution in [1.82, 2.24) is 0 Å². The highest BCUT2D eigenvalue weighted by Gasteiger charge is 2.57. The molecule has 3 aliphatic rings. The summed E-state index contributed by atoms with van der Waals surface area (Å²) in [4.78, 5) is 0. The Balaban J connectivity index is 1.40. The van der Waals surface area contributed by atoms with E-state index in [0.29, 0.717) is 0 Å². The highest BCUT2D eigenvalue weighted by atomic mass is 32.2. The van der Waals surface area contributed by atoms with Gasteiger partial charge in [-0.15, -0.1) is 0 Å². The Morgan fingerprint density at radius 3 is 2.00 bits per heavy atom. The Morgan fingerprint density at radius 1 is 0.667 bits per heavy atom. The third-order valence-electron chi connectivity index (χ3n) is 5.99. The van der Waals surface area contributed by atoms with Crippen molar-refractivity contribution in [1.29, 1.82) is 0 Å². The summed E-state index contributed by atoms with van der Waals surface area (Å²) >= 11 is 17.4. The van der Waals surface area contributed by atoms with Gasteiger partial charge >= 0.3 is 0 Å². The van der Waals surface area contributed by atoms with Gasteiger partial charge in [0.2, 0.25) is 0 Å². The zero-order chi connectivity index (χ0) is 16.8. The second-order valence-electron chi connectivity index (χ2n) is 7.20. The van der Waals surface area contributed by atoms with Crippen LogP contribution in [0.4, 0.5) is 0 Å². The summed E-state index contributed by atoms with van der Waals surface area (Å²) in [6.07, 6.45) is 6.17. The summed E-state index contributed by atoms with van der Waals surface area (Å²) in [6, 6.07) is 0. The molecule has 2 bridgehead atoms. The van der Waals surface area contributed by atoms with Crippen molar-refractivity contribution in [2.45, 2.75) is 36.2 Å². The molecule has 24 heavy (non-hydrogen) atoms. The third kappa shape index (κ3) is 5.33. The monoisotopic (exact) mass is 440 g/mol. The standard InChI is InChI=1S/C18H32S6/c19-3-5-21-7-9-23-16-2-1-14-13-11-15(18(14)16)17(12-13)24-10-8-22-6-4-20/h13-20H,1-12H2. The minimum atomic E-state index is 0.989. The van der Waals surface area contributed by atoms with Gasteiger partial charge in [0.1, 0.15) is 0 Å². The molecule has 6 heteroatoms. The molecule has 0 aromatic heterocycles. The summed E-state index contributed by atoms with van der Waals surface area (Å²) in [7, 11) is 0. The number of fused-ring (bicyclic) bond motifs is 5. The molecule has 6 atom stereocenters. The Morgan fingerprint density at radius 2 is 1.33 bits per heavy atom. The third-order valence-corrected chi connectivity index (χ3v) is 12.4. The van der Waals surface area contributed by atoms with Gasteiger partial charge in [0.15, 0.2) is 0 Å². The summed E-state index contributed by atoms with van der Waals surface area (Å²) in [5.74, 6) is 14.2. The van der Waals surface area contributed by atoms with Gasteiger partial charge < -0.3 is 0 Å². The van der Waals surface area contributed by atoms with E-state index in [9.17, 15) is 0 Å². The van der Waals surface area contributed by atoms with Gasteiger partial charge in [-0.1, -0.05) is 0 Å². The molecule has 3 fully saturated rings. The van der Waals surface area contributed by atoms with Gasteiger partial charge in [-0.2, -0.15) is 72.3 Å². The molecular formula is C18H32S6. The van der Waals surface area contributed by atoms with Crippen molar-refractivity contribution in [2.75, 3.05) is 46.0 Å². The minimum Gasteiger partial charge on any atom is -0.179 e. The van der Waals surface area contributed by atoms with E-state index >= 15 is 0 Å². The molecule has 0 aromatic carbocycles. The van der Waals surface area contributed by atoms with Crippen molar-refractivity contribution in [3.63, 3.8) is 0 Å². The van der Waals surface area contributed by atoms with E-state index in [1.807, 2.05) is 0 Å². The van der Waals surface area contributed by atoms with Crippen LogP contribution < -0.4 is 0 Å². The minimum absolute atomic E-state index is 0.989. The van der Waals surface area contributed by atoms with E-state index in [4.69, 9.17) is 0 Å². The molecule has 6 unspecified atom stereocenters. The van der Waals surface area contributed by atoms with Gasteiger partial charge in [-0.05, 0) is 60.9 Å². The number of rotatable bonds is 12. The summed E-state index contributed by atoms with van der Waals surface area (Å²) in [6.45, 7) is 0. The molecule has 3 saturated carbocycles. The molecule has 0 radical (unpaired) electrons. The van der Waals surface area contributed by atoms with Crippen LogP contribution in [0.1, 0.15) is 25.7 Å². The molecule has 3 rings (SSSR count). The molecule has 0 amide bonds. The molecule has 140 valence electrons. The fourth-order valence-electron chi connectivity index (χ4n) is 5.22. The topological polar surface area (TPSA) is 0 Å². The SMILES string of the molecule is SCCSCCSC1CC2CC1C1C(SCCSCCS)CCC21.